The zero-order chi connectivity index (χ0) is 17.9. The van der Waals surface area contributed by atoms with E-state index in [1.807, 2.05) is 6.07 Å². The summed E-state index contributed by atoms with van der Waals surface area (Å²) < 4.78 is 5.71. The van der Waals surface area contributed by atoms with Crippen molar-refractivity contribution in [1.82, 2.24) is 15.3 Å². The average Bonchev–Trinajstić information content (AvgIpc) is 3.05. The molecule has 0 bridgehead atoms. The summed E-state index contributed by atoms with van der Waals surface area (Å²) in [4.78, 5) is 16.8. The highest BCUT2D eigenvalue weighted by Gasteiger charge is 2.19. The third-order valence-corrected chi connectivity index (χ3v) is 4.93. The summed E-state index contributed by atoms with van der Waals surface area (Å²) >= 11 is 0. The number of halogens is 1. The molecule has 0 radical (unpaired) electrons. The maximum atomic E-state index is 11.4. The Morgan fingerprint density at radius 2 is 1.96 bits per heavy atom. The number of aryl methyl sites for hydroxylation is 1. The fraction of sp³-hybridized carbons (Fsp3) is 0.350. The summed E-state index contributed by atoms with van der Waals surface area (Å²) in [6, 6.07) is 14.3. The monoisotopic (exact) mass is 389 g/mol. The predicted octanol–water partition coefficient (Wildman–Crippen LogP) is 2.16. The van der Waals surface area contributed by atoms with Crippen molar-refractivity contribution in [1.29, 1.82) is 0 Å². The zero-order valence-corrected chi connectivity index (χ0v) is 15.7. The van der Waals surface area contributed by atoms with Crippen LogP contribution in [-0.2, 0) is 12.8 Å². The van der Waals surface area contributed by atoms with E-state index in [2.05, 4.69) is 39.6 Å². The molecule has 0 amide bonds. The summed E-state index contributed by atoms with van der Waals surface area (Å²) in [5.41, 5.74) is 3.88. The predicted molar refractivity (Wildman–Crippen MR) is 108 cm³/mol. The van der Waals surface area contributed by atoms with Gasteiger partial charge in [-0.2, -0.15) is 0 Å². The molecule has 1 aliphatic rings. The van der Waals surface area contributed by atoms with Gasteiger partial charge in [-0.05, 0) is 42.5 Å². The normalized spacial score (nSPS) is 17.1. The Hall–Kier alpha value is -2.28. The Morgan fingerprint density at radius 1 is 1.15 bits per heavy atom. The summed E-state index contributed by atoms with van der Waals surface area (Å²) in [6.07, 6.45) is 2.53. The largest absolute Gasteiger partial charge is 0.489 e. The third-order valence-electron chi connectivity index (χ3n) is 4.93. The molecular formula is C20H24ClN3O3. The second-order valence-corrected chi connectivity index (χ2v) is 6.84. The highest BCUT2D eigenvalue weighted by Crippen LogP contribution is 2.22. The van der Waals surface area contributed by atoms with Crippen LogP contribution in [0.3, 0.4) is 0 Å². The topological polar surface area (TPSA) is 90.1 Å². The molecule has 0 aliphatic heterocycles. The van der Waals surface area contributed by atoms with Crippen LogP contribution in [0.5, 0.6) is 5.75 Å². The third kappa shape index (κ3) is 4.53. The van der Waals surface area contributed by atoms with Crippen molar-refractivity contribution in [3.63, 3.8) is 0 Å². The van der Waals surface area contributed by atoms with E-state index in [1.165, 1.54) is 11.1 Å². The van der Waals surface area contributed by atoms with Crippen LogP contribution in [0.25, 0.3) is 11.0 Å². The summed E-state index contributed by atoms with van der Waals surface area (Å²) in [5.74, 6) is 0.562. The van der Waals surface area contributed by atoms with Gasteiger partial charge in [0, 0.05) is 12.6 Å². The van der Waals surface area contributed by atoms with Crippen molar-refractivity contribution in [2.75, 3.05) is 13.2 Å². The first-order chi connectivity index (χ1) is 12.7. The number of nitrogens with one attached hydrogen (secondary N) is 3. The molecule has 144 valence electrons. The lowest BCUT2D eigenvalue weighted by Crippen LogP contribution is -2.40. The first kappa shape index (κ1) is 19.5. The first-order valence-electron chi connectivity index (χ1n) is 9.01. The zero-order valence-electron chi connectivity index (χ0n) is 14.9. The SMILES string of the molecule is Cl.O=c1[nH]c2cccc(OCC(O)CNC3CCc4ccccc4C3)c2[nH]1. The molecule has 0 fully saturated rings. The number of rotatable bonds is 6. The van der Waals surface area contributed by atoms with Gasteiger partial charge in [-0.15, -0.1) is 12.4 Å². The van der Waals surface area contributed by atoms with E-state index >= 15 is 0 Å². The highest BCUT2D eigenvalue weighted by molar-refractivity contribution is 5.85. The average molecular weight is 390 g/mol. The minimum atomic E-state index is -0.618. The number of hydrogen-bond acceptors (Lipinski definition) is 4. The molecule has 2 aromatic carbocycles. The summed E-state index contributed by atoms with van der Waals surface area (Å²) in [5, 5.41) is 13.7. The van der Waals surface area contributed by atoms with Crippen molar-refractivity contribution in [2.24, 2.45) is 0 Å². The van der Waals surface area contributed by atoms with E-state index in [-0.39, 0.29) is 24.7 Å². The molecule has 2 unspecified atom stereocenters. The van der Waals surface area contributed by atoms with Gasteiger partial charge in [-0.1, -0.05) is 30.3 Å². The lowest BCUT2D eigenvalue weighted by molar-refractivity contribution is 0.103. The number of H-pyrrole nitrogens is 2. The smallest absolute Gasteiger partial charge is 0.323 e. The number of aromatic nitrogens is 2. The molecule has 7 heteroatoms. The minimum Gasteiger partial charge on any atom is -0.489 e. The molecule has 0 saturated heterocycles. The molecule has 2 atom stereocenters. The summed E-state index contributed by atoms with van der Waals surface area (Å²) in [6.45, 7) is 0.648. The standard InChI is InChI=1S/C20H23N3O3.ClH/c24-16(11-21-15-9-8-13-4-1-2-5-14(13)10-15)12-26-18-7-3-6-17-19(18)23-20(25)22-17;/h1-7,15-16,21,24H,8-12H2,(H2,22,23,25);1H. The molecule has 1 heterocycles. The van der Waals surface area contributed by atoms with Crippen LogP contribution in [0.1, 0.15) is 17.5 Å². The van der Waals surface area contributed by atoms with Crippen LogP contribution in [0, 0.1) is 0 Å². The minimum absolute atomic E-state index is 0. The second kappa shape index (κ2) is 8.61. The number of aliphatic hydroxyl groups excluding tert-OH is 1. The lowest BCUT2D eigenvalue weighted by Gasteiger charge is -2.26. The number of ether oxygens (including phenoxy) is 1. The Kier molecular flexibility index (Phi) is 6.21. The molecule has 0 saturated carbocycles. The Bertz CT molecular complexity index is 953. The fourth-order valence-electron chi connectivity index (χ4n) is 3.57. The molecule has 4 N–H and O–H groups in total. The van der Waals surface area contributed by atoms with E-state index in [0.717, 1.165) is 19.3 Å². The van der Waals surface area contributed by atoms with Gasteiger partial charge in [0.05, 0.1) is 5.52 Å². The van der Waals surface area contributed by atoms with Gasteiger partial charge >= 0.3 is 5.69 Å². The molecule has 0 spiro atoms. The van der Waals surface area contributed by atoms with Crippen LogP contribution in [-0.4, -0.2) is 40.4 Å². The maximum Gasteiger partial charge on any atom is 0.323 e. The molecule has 3 aromatic rings. The Morgan fingerprint density at radius 3 is 2.81 bits per heavy atom. The number of aliphatic hydroxyl groups is 1. The van der Waals surface area contributed by atoms with Crippen molar-refractivity contribution in [3.8, 4) is 5.75 Å². The number of imidazole rings is 1. The van der Waals surface area contributed by atoms with E-state index in [0.29, 0.717) is 29.4 Å². The van der Waals surface area contributed by atoms with Gasteiger partial charge in [-0.3, -0.25) is 0 Å². The van der Waals surface area contributed by atoms with Crippen molar-refractivity contribution >= 4 is 23.4 Å². The number of para-hydroxylation sites is 1. The van der Waals surface area contributed by atoms with Crippen molar-refractivity contribution in [2.45, 2.75) is 31.4 Å². The van der Waals surface area contributed by atoms with Gasteiger partial charge in [0.1, 0.15) is 24.0 Å². The van der Waals surface area contributed by atoms with Crippen LogP contribution in [0.2, 0.25) is 0 Å². The number of fused-ring (bicyclic) bond motifs is 2. The number of hydrogen-bond donors (Lipinski definition) is 4. The van der Waals surface area contributed by atoms with Gasteiger partial charge in [0.2, 0.25) is 0 Å². The van der Waals surface area contributed by atoms with Gasteiger partial charge in [-0.25, -0.2) is 4.79 Å². The second-order valence-electron chi connectivity index (χ2n) is 6.84. The van der Waals surface area contributed by atoms with Crippen molar-refractivity contribution < 1.29 is 9.84 Å². The van der Waals surface area contributed by atoms with Crippen LogP contribution in [0.4, 0.5) is 0 Å². The molecule has 27 heavy (non-hydrogen) atoms. The van der Waals surface area contributed by atoms with Gasteiger partial charge in [0.15, 0.2) is 0 Å². The van der Waals surface area contributed by atoms with E-state index in [9.17, 15) is 9.90 Å². The fourth-order valence-corrected chi connectivity index (χ4v) is 3.57. The summed E-state index contributed by atoms with van der Waals surface area (Å²) in [7, 11) is 0. The molecule has 4 rings (SSSR count). The van der Waals surface area contributed by atoms with Gasteiger partial charge in [0.25, 0.3) is 0 Å². The van der Waals surface area contributed by atoms with Crippen LogP contribution >= 0.6 is 12.4 Å². The van der Waals surface area contributed by atoms with Gasteiger partial charge < -0.3 is 25.1 Å². The van der Waals surface area contributed by atoms with E-state index in [4.69, 9.17) is 4.74 Å². The van der Waals surface area contributed by atoms with E-state index in [1.54, 1.807) is 12.1 Å². The first-order valence-corrected chi connectivity index (χ1v) is 9.01. The highest BCUT2D eigenvalue weighted by atomic mass is 35.5. The maximum absolute atomic E-state index is 11.4. The number of benzene rings is 2. The Balaban J connectivity index is 0.00000210. The van der Waals surface area contributed by atoms with Crippen LogP contribution in [0.15, 0.2) is 47.3 Å². The van der Waals surface area contributed by atoms with E-state index < -0.39 is 6.10 Å². The lowest BCUT2D eigenvalue weighted by atomic mass is 9.88. The molecule has 6 nitrogen and oxygen atoms in total. The number of aromatic amines is 2. The molecule has 1 aromatic heterocycles. The van der Waals surface area contributed by atoms with Crippen molar-refractivity contribution in [3.05, 3.63) is 64.1 Å². The van der Waals surface area contributed by atoms with Crippen LogP contribution < -0.4 is 15.7 Å². The molecular weight excluding hydrogens is 366 g/mol. The molecule has 1 aliphatic carbocycles. The Labute approximate surface area is 163 Å². The quantitative estimate of drug-likeness (QED) is 0.520.